The van der Waals surface area contributed by atoms with E-state index in [-0.39, 0.29) is 5.91 Å². The molecule has 0 spiro atoms. The van der Waals surface area contributed by atoms with E-state index in [9.17, 15) is 4.79 Å². The van der Waals surface area contributed by atoms with Gasteiger partial charge in [-0.15, -0.1) is 0 Å². The molecule has 0 radical (unpaired) electrons. The predicted molar refractivity (Wildman–Crippen MR) is 118 cm³/mol. The number of rotatable bonds is 3. The lowest BCUT2D eigenvalue weighted by molar-refractivity contribution is 0.0949. The van der Waals surface area contributed by atoms with Crippen molar-refractivity contribution in [1.29, 1.82) is 0 Å². The lowest BCUT2D eigenvalue weighted by Gasteiger charge is -2.15. The average Bonchev–Trinajstić information content (AvgIpc) is 3.19. The van der Waals surface area contributed by atoms with E-state index in [4.69, 9.17) is 9.47 Å². The first kappa shape index (κ1) is 21.1. The van der Waals surface area contributed by atoms with Gasteiger partial charge in [0.2, 0.25) is 0 Å². The van der Waals surface area contributed by atoms with Crippen molar-refractivity contribution in [2.45, 2.75) is 26.4 Å². The molecule has 0 aliphatic carbocycles. The normalized spacial score (nSPS) is 14.7. The second-order valence-corrected chi connectivity index (χ2v) is 7.68. The number of aryl methyl sites for hydroxylation is 1. The molecule has 1 aromatic heterocycles. The van der Waals surface area contributed by atoms with E-state index in [2.05, 4.69) is 45.1 Å². The highest BCUT2D eigenvalue weighted by Crippen LogP contribution is 2.24. The molecule has 7 heteroatoms. The molecule has 0 atom stereocenters. The van der Waals surface area contributed by atoms with Crippen molar-refractivity contribution >= 4 is 5.91 Å². The van der Waals surface area contributed by atoms with Gasteiger partial charge in [0.05, 0.1) is 25.5 Å². The molecule has 0 unspecified atom stereocenters. The third kappa shape index (κ3) is 5.93. The molecule has 2 aromatic carbocycles. The number of aromatic nitrogens is 2. The van der Waals surface area contributed by atoms with Crippen LogP contribution in [0, 0.1) is 6.92 Å². The van der Waals surface area contributed by atoms with Gasteiger partial charge in [0.25, 0.3) is 5.91 Å². The van der Waals surface area contributed by atoms with Gasteiger partial charge in [-0.3, -0.25) is 9.89 Å². The highest BCUT2D eigenvalue weighted by Gasteiger charge is 2.13. The SMILES string of the molecule is Cc1cc(CNC(=O)c2ccc3c(c2)Cc2cccc(c2)CNCCOCCO3)n[nH]1. The summed E-state index contributed by atoms with van der Waals surface area (Å²) in [4.78, 5) is 12.7. The van der Waals surface area contributed by atoms with Crippen LogP contribution < -0.4 is 15.4 Å². The van der Waals surface area contributed by atoms with E-state index in [1.165, 1.54) is 11.1 Å². The Labute approximate surface area is 182 Å². The summed E-state index contributed by atoms with van der Waals surface area (Å²) in [6.07, 6.45) is 0.684. The van der Waals surface area contributed by atoms with E-state index in [1.807, 2.05) is 25.1 Å². The molecule has 3 aromatic rings. The van der Waals surface area contributed by atoms with Gasteiger partial charge in [-0.1, -0.05) is 24.3 Å². The van der Waals surface area contributed by atoms with E-state index < -0.39 is 0 Å². The zero-order valence-electron chi connectivity index (χ0n) is 17.7. The number of hydrogen-bond acceptors (Lipinski definition) is 5. The van der Waals surface area contributed by atoms with Crippen LogP contribution in [0.3, 0.4) is 0 Å². The minimum absolute atomic E-state index is 0.135. The van der Waals surface area contributed by atoms with Crippen LogP contribution in [-0.4, -0.2) is 42.5 Å². The number of carbonyl (C=O) groups is 1. The first-order valence-electron chi connectivity index (χ1n) is 10.6. The van der Waals surface area contributed by atoms with Crippen molar-refractivity contribution in [3.05, 3.63) is 82.2 Å². The number of carbonyl (C=O) groups excluding carboxylic acids is 1. The fourth-order valence-corrected chi connectivity index (χ4v) is 3.60. The quantitative estimate of drug-likeness (QED) is 0.606. The number of aromatic amines is 1. The Kier molecular flexibility index (Phi) is 6.96. The maximum absolute atomic E-state index is 12.7. The van der Waals surface area contributed by atoms with Crippen molar-refractivity contribution in [3.63, 3.8) is 0 Å². The topological polar surface area (TPSA) is 88.3 Å². The average molecular weight is 421 g/mol. The molecule has 7 nitrogen and oxygen atoms in total. The number of nitrogens with one attached hydrogen (secondary N) is 3. The van der Waals surface area contributed by atoms with Crippen LogP contribution in [0.15, 0.2) is 48.5 Å². The van der Waals surface area contributed by atoms with Crippen molar-refractivity contribution in [2.75, 3.05) is 26.4 Å². The molecule has 4 rings (SSSR count). The van der Waals surface area contributed by atoms with Gasteiger partial charge >= 0.3 is 0 Å². The van der Waals surface area contributed by atoms with Crippen LogP contribution in [0.25, 0.3) is 0 Å². The molecule has 3 N–H and O–H groups in total. The van der Waals surface area contributed by atoms with E-state index in [0.29, 0.717) is 38.3 Å². The molecule has 1 aliphatic rings. The predicted octanol–water partition coefficient (Wildman–Crippen LogP) is 2.74. The third-order valence-corrected chi connectivity index (χ3v) is 5.14. The maximum atomic E-state index is 12.7. The molecule has 0 saturated carbocycles. The smallest absolute Gasteiger partial charge is 0.251 e. The minimum atomic E-state index is -0.135. The van der Waals surface area contributed by atoms with Crippen molar-refractivity contribution in [2.24, 2.45) is 0 Å². The lowest BCUT2D eigenvalue weighted by Crippen LogP contribution is -2.23. The van der Waals surface area contributed by atoms with Gasteiger partial charge in [-0.25, -0.2) is 0 Å². The molecule has 1 amide bonds. The summed E-state index contributed by atoms with van der Waals surface area (Å²) in [5.41, 5.74) is 5.75. The number of hydrogen-bond donors (Lipinski definition) is 3. The summed E-state index contributed by atoms with van der Waals surface area (Å²) in [5, 5.41) is 13.4. The third-order valence-electron chi connectivity index (χ3n) is 5.14. The second-order valence-electron chi connectivity index (χ2n) is 7.68. The number of amides is 1. The Morgan fingerprint density at radius 3 is 2.87 bits per heavy atom. The van der Waals surface area contributed by atoms with Gasteiger partial charge < -0.3 is 20.1 Å². The number of fused-ring (bicyclic) bond motifs is 3. The summed E-state index contributed by atoms with van der Waals surface area (Å²) < 4.78 is 11.6. The first-order valence-corrected chi connectivity index (χ1v) is 10.6. The highest BCUT2D eigenvalue weighted by atomic mass is 16.5. The molecule has 31 heavy (non-hydrogen) atoms. The molecule has 0 saturated heterocycles. The van der Waals surface area contributed by atoms with E-state index >= 15 is 0 Å². The molecular weight excluding hydrogens is 392 g/mol. The van der Waals surface area contributed by atoms with Crippen LogP contribution >= 0.6 is 0 Å². The Bertz CT molecular complexity index is 1030. The zero-order valence-corrected chi connectivity index (χ0v) is 17.7. The Hall–Kier alpha value is -3.16. The first-order chi connectivity index (χ1) is 15.2. The lowest BCUT2D eigenvalue weighted by atomic mass is 9.99. The Balaban J connectivity index is 1.54. The minimum Gasteiger partial charge on any atom is -0.491 e. The molecule has 2 heterocycles. The number of ether oxygens (including phenoxy) is 2. The Morgan fingerprint density at radius 1 is 1.10 bits per heavy atom. The molecule has 162 valence electrons. The number of benzene rings is 2. The number of H-pyrrole nitrogens is 1. The van der Waals surface area contributed by atoms with Crippen LogP contribution in [-0.2, 0) is 24.2 Å². The van der Waals surface area contributed by atoms with Crippen LogP contribution in [0.2, 0.25) is 0 Å². The fraction of sp³-hybridized carbons (Fsp3) is 0.333. The fourth-order valence-electron chi connectivity index (χ4n) is 3.60. The van der Waals surface area contributed by atoms with Gasteiger partial charge in [0, 0.05) is 30.8 Å². The monoisotopic (exact) mass is 420 g/mol. The zero-order chi connectivity index (χ0) is 21.5. The summed E-state index contributed by atoms with van der Waals surface area (Å²) in [6, 6.07) is 16.0. The summed E-state index contributed by atoms with van der Waals surface area (Å²) in [7, 11) is 0. The second kappa shape index (κ2) is 10.2. The maximum Gasteiger partial charge on any atom is 0.251 e. The number of nitrogens with zero attached hydrogens (tertiary/aromatic N) is 1. The molecule has 1 aliphatic heterocycles. The standard InChI is InChI=1S/C24H28N4O3/c1-17-11-22(28-27-17)16-26-24(29)20-5-6-23-21(14-20)13-18-3-2-4-19(12-18)15-25-7-8-30-9-10-31-23/h2-6,11-12,14,25H,7-10,13,15-16H2,1H3,(H,26,29)(H,27,28). The van der Waals surface area contributed by atoms with Crippen LogP contribution in [0.4, 0.5) is 0 Å². The summed E-state index contributed by atoms with van der Waals surface area (Å²) >= 11 is 0. The van der Waals surface area contributed by atoms with Crippen molar-refractivity contribution < 1.29 is 14.3 Å². The van der Waals surface area contributed by atoms with Crippen molar-refractivity contribution in [1.82, 2.24) is 20.8 Å². The van der Waals surface area contributed by atoms with Gasteiger partial charge in [-0.2, -0.15) is 5.10 Å². The van der Waals surface area contributed by atoms with Crippen molar-refractivity contribution in [3.8, 4) is 5.75 Å². The van der Waals surface area contributed by atoms with E-state index in [0.717, 1.165) is 35.8 Å². The largest absolute Gasteiger partial charge is 0.491 e. The van der Waals surface area contributed by atoms with Gasteiger partial charge in [0.1, 0.15) is 12.4 Å². The van der Waals surface area contributed by atoms with Gasteiger partial charge in [0.15, 0.2) is 0 Å². The summed E-state index contributed by atoms with van der Waals surface area (Å²) in [5.74, 6) is 0.646. The molecule has 2 bridgehead atoms. The van der Waals surface area contributed by atoms with Crippen LogP contribution in [0.5, 0.6) is 5.75 Å². The van der Waals surface area contributed by atoms with Gasteiger partial charge in [-0.05, 0) is 47.9 Å². The van der Waals surface area contributed by atoms with E-state index in [1.54, 1.807) is 6.07 Å². The Morgan fingerprint density at radius 2 is 2.00 bits per heavy atom. The highest BCUT2D eigenvalue weighted by molar-refractivity contribution is 5.94. The summed E-state index contributed by atoms with van der Waals surface area (Å²) in [6.45, 7) is 5.55. The molecule has 0 fully saturated rings. The molecular formula is C24H28N4O3. The van der Waals surface area contributed by atoms with Crippen LogP contribution in [0.1, 0.15) is 38.4 Å².